The van der Waals surface area contributed by atoms with E-state index >= 15 is 0 Å². The third-order valence-corrected chi connectivity index (χ3v) is 6.61. The van der Waals surface area contributed by atoms with Crippen LogP contribution in [-0.4, -0.2) is 31.5 Å². The Morgan fingerprint density at radius 3 is 2.69 bits per heavy atom. The number of amides is 2. The number of methoxy groups -OCH3 is 1. The van der Waals surface area contributed by atoms with E-state index in [-0.39, 0.29) is 30.2 Å². The molecule has 0 unspecified atom stereocenters. The number of fused-ring (bicyclic) bond motifs is 1. The third-order valence-electron chi connectivity index (χ3n) is 5.99. The molecular formula is C25H27BrN2O4. The van der Waals surface area contributed by atoms with E-state index < -0.39 is 0 Å². The first-order valence-electron chi connectivity index (χ1n) is 10.9. The van der Waals surface area contributed by atoms with E-state index in [1.807, 2.05) is 30.3 Å². The lowest BCUT2D eigenvalue weighted by molar-refractivity contribution is -0.124. The zero-order valence-electron chi connectivity index (χ0n) is 18.3. The second-order valence-corrected chi connectivity index (χ2v) is 9.24. The van der Waals surface area contributed by atoms with Gasteiger partial charge in [0.25, 0.3) is 5.91 Å². The Balaban J connectivity index is 1.55. The van der Waals surface area contributed by atoms with Gasteiger partial charge in [-0.05, 0) is 83.4 Å². The summed E-state index contributed by atoms with van der Waals surface area (Å²) in [5.41, 5.74) is 1.37. The largest absolute Gasteiger partial charge is 0.496 e. The fourth-order valence-electron chi connectivity index (χ4n) is 4.16. The van der Waals surface area contributed by atoms with Gasteiger partial charge >= 0.3 is 0 Å². The first kappa shape index (κ1) is 22.4. The van der Waals surface area contributed by atoms with E-state index in [0.717, 1.165) is 35.7 Å². The number of hydrogen-bond acceptors (Lipinski definition) is 4. The Hall–Kier alpha value is -2.80. The Morgan fingerprint density at radius 2 is 1.97 bits per heavy atom. The highest BCUT2D eigenvalue weighted by atomic mass is 79.9. The van der Waals surface area contributed by atoms with Crippen molar-refractivity contribution in [3.05, 3.63) is 58.3 Å². The van der Waals surface area contributed by atoms with Crippen molar-refractivity contribution >= 4 is 39.5 Å². The fourth-order valence-corrected chi connectivity index (χ4v) is 4.72. The molecule has 2 aromatic rings. The minimum Gasteiger partial charge on any atom is -0.496 e. The number of rotatable bonds is 5. The molecule has 0 saturated heterocycles. The molecule has 0 atom stereocenters. The molecule has 0 radical (unpaired) electrons. The van der Waals surface area contributed by atoms with Gasteiger partial charge in [-0.1, -0.05) is 25.1 Å². The lowest BCUT2D eigenvalue weighted by Crippen LogP contribution is -2.47. The van der Waals surface area contributed by atoms with Crippen molar-refractivity contribution in [1.82, 2.24) is 5.32 Å². The topological polar surface area (TPSA) is 67.9 Å². The van der Waals surface area contributed by atoms with Crippen LogP contribution < -0.4 is 19.7 Å². The molecule has 1 fully saturated rings. The number of carbonyl (C=O) groups is 2. The summed E-state index contributed by atoms with van der Waals surface area (Å²) in [7, 11) is 1.60. The second-order valence-electron chi connectivity index (χ2n) is 8.39. The number of hydrogen-bond donors (Lipinski definition) is 1. The van der Waals surface area contributed by atoms with E-state index in [0.29, 0.717) is 23.1 Å². The Kier molecular flexibility index (Phi) is 6.84. The van der Waals surface area contributed by atoms with Gasteiger partial charge in [-0.25, -0.2) is 0 Å². The maximum Gasteiger partial charge on any atom is 0.294 e. The number of ether oxygens (including phenoxy) is 2. The maximum absolute atomic E-state index is 13.3. The van der Waals surface area contributed by atoms with Crippen LogP contribution in [0.15, 0.2) is 52.7 Å². The zero-order chi connectivity index (χ0) is 22.7. The summed E-state index contributed by atoms with van der Waals surface area (Å²) in [6.07, 6.45) is 5.88. The normalized spacial score (nSPS) is 21.7. The molecule has 0 bridgehead atoms. The number of halogens is 1. The van der Waals surface area contributed by atoms with E-state index in [1.54, 1.807) is 25.3 Å². The predicted molar refractivity (Wildman–Crippen MR) is 128 cm³/mol. The van der Waals surface area contributed by atoms with Crippen molar-refractivity contribution in [1.29, 1.82) is 0 Å². The van der Waals surface area contributed by atoms with Crippen molar-refractivity contribution < 1.29 is 19.1 Å². The maximum atomic E-state index is 13.3. The molecule has 1 saturated carbocycles. The van der Waals surface area contributed by atoms with Crippen molar-refractivity contribution in [2.75, 3.05) is 18.6 Å². The number of nitrogens with zero attached hydrogens (tertiary/aromatic N) is 1. The minimum atomic E-state index is -0.344. The summed E-state index contributed by atoms with van der Waals surface area (Å²) in [4.78, 5) is 27.6. The number of para-hydroxylation sites is 2. The van der Waals surface area contributed by atoms with Gasteiger partial charge in [-0.15, -0.1) is 0 Å². The molecule has 7 heteroatoms. The van der Waals surface area contributed by atoms with Crippen molar-refractivity contribution in [2.45, 2.75) is 38.6 Å². The van der Waals surface area contributed by atoms with Crippen LogP contribution in [-0.2, 0) is 9.59 Å². The summed E-state index contributed by atoms with van der Waals surface area (Å²) >= 11 is 3.47. The molecule has 1 aliphatic carbocycles. The zero-order valence-corrected chi connectivity index (χ0v) is 19.9. The van der Waals surface area contributed by atoms with Crippen LogP contribution in [0.3, 0.4) is 0 Å². The molecule has 1 heterocycles. The van der Waals surface area contributed by atoms with Gasteiger partial charge in [-0.2, -0.15) is 0 Å². The molecule has 2 aromatic carbocycles. The second kappa shape index (κ2) is 9.77. The molecule has 0 aromatic heterocycles. The van der Waals surface area contributed by atoms with Crippen LogP contribution in [0.4, 0.5) is 5.69 Å². The molecule has 4 rings (SSSR count). The summed E-state index contributed by atoms with van der Waals surface area (Å²) in [6.45, 7) is 2.20. The quantitative estimate of drug-likeness (QED) is 0.594. The van der Waals surface area contributed by atoms with Crippen LogP contribution in [0.25, 0.3) is 6.08 Å². The van der Waals surface area contributed by atoms with Crippen LogP contribution in [0.5, 0.6) is 11.5 Å². The molecule has 6 nitrogen and oxygen atoms in total. The highest BCUT2D eigenvalue weighted by Gasteiger charge is 2.32. The average molecular weight is 499 g/mol. The highest BCUT2D eigenvalue weighted by molar-refractivity contribution is 9.10. The summed E-state index contributed by atoms with van der Waals surface area (Å²) < 4.78 is 12.0. The first-order chi connectivity index (χ1) is 15.4. The number of benzene rings is 2. The van der Waals surface area contributed by atoms with E-state index in [2.05, 4.69) is 28.2 Å². The molecule has 1 N–H and O–H groups in total. The highest BCUT2D eigenvalue weighted by Crippen LogP contribution is 2.36. The van der Waals surface area contributed by atoms with Crippen LogP contribution in [0.1, 0.15) is 38.2 Å². The van der Waals surface area contributed by atoms with E-state index in [4.69, 9.17) is 9.47 Å². The van der Waals surface area contributed by atoms with Gasteiger partial charge in [0.1, 0.15) is 12.3 Å². The number of anilines is 1. The van der Waals surface area contributed by atoms with Gasteiger partial charge < -0.3 is 14.8 Å². The third kappa shape index (κ3) is 4.99. The molecular weight excluding hydrogens is 472 g/mol. The molecule has 32 heavy (non-hydrogen) atoms. The van der Waals surface area contributed by atoms with E-state index in [1.165, 1.54) is 4.90 Å². The Bertz CT molecular complexity index is 1040. The lowest BCUT2D eigenvalue weighted by Gasteiger charge is -2.31. The van der Waals surface area contributed by atoms with E-state index in [9.17, 15) is 9.59 Å². The molecule has 1 aliphatic heterocycles. The standard InChI is InChI=1S/C25H27BrN2O4/c1-16-7-10-18(11-8-16)27-24(29)15-28-20-5-3-4-6-22(20)32-23(25(28)30)14-17-9-12-21(31-2)19(26)13-17/h3-6,9,12-14,16,18H,7-8,10-11,15H2,1-2H3,(H,27,29). The molecule has 0 spiro atoms. The number of nitrogens with one attached hydrogen (secondary N) is 1. The molecule has 2 amide bonds. The summed E-state index contributed by atoms with van der Waals surface area (Å²) in [5.74, 6) is 1.62. The van der Waals surface area contributed by atoms with Crippen molar-refractivity contribution in [3.63, 3.8) is 0 Å². The summed E-state index contributed by atoms with van der Waals surface area (Å²) in [5, 5.41) is 3.11. The first-order valence-corrected chi connectivity index (χ1v) is 11.7. The predicted octanol–water partition coefficient (Wildman–Crippen LogP) is 4.92. The van der Waals surface area contributed by atoms with Crippen molar-refractivity contribution in [2.24, 2.45) is 5.92 Å². The monoisotopic (exact) mass is 498 g/mol. The average Bonchev–Trinajstić information content (AvgIpc) is 2.78. The molecule has 2 aliphatic rings. The minimum absolute atomic E-state index is 0.0467. The smallest absolute Gasteiger partial charge is 0.294 e. The van der Waals surface area contributed by atoms with Gasteiger partial charge in [0.2, 0.25) is 5.91 Å². The Labute approximate surface area is 196 Å². The van der Waals surface area contributed by atoms with Crippen molar-refractivity contribution in [3.8, 4) is 11.5 Å². The SMILES string of the molecule is COc1ccc(C=C2Oc3ccccc3N(CC(=O)NC3CCC(C)CC3)C2=O)cc1Br. The van der Waals surface area contributed by atoms with Gasteiger partial charge in [0.15, 0.2) is 11.5 Å². The van der Waals surface area contributed by atoms with Crippen LogP contribution in [0.2, 0.25) is 0 Å². The Morgan fingerprint density at radius 1 is 1.22 bits per heavy atom. The van der Waals surface area contributed by atoms with Crippen LogP contribution >= 0.6 is 15.9 Å². The number of carbonyl (C=O) groups excluding carboxylic acids is 2. The fraction of sp³-hybridized carbons (Fsp3) is 0.360. The van der Waals surface area contributed by atoms with Crippen LogP contribution in [0, 0.1) is 5.92 Å². The van der Waals surface area contributed by atoms with Gasteiger partial charge in [-0.3, -0.25) is 14.5 Å². The summed E-state index contributed by atoms with van der Waals surface area (Å²) in [6, 6.07) is 13.0. The molecule has 168 valence electrons. The van der Waals surface area contributed by atoms with Gasteiger partial charge in [0, 0.05) is 6.04 Å². The van der Waals surface area contributed by atoms with Gasteiger partial charge in [0.05, 0.1) is 17.3 Å². The lowest BCUT2D eigenvalue weighted by atomic mass is 9.87.